The van der Waals surface area contributed by atoms with Crippen molar-refractivity contribution in [1.29, 1.82) is 0 Å². The topological polar surface area (TPSA) is 93.1 Å². The highest BCUT2D eigenvalue weighted by molar-refractivity contribution is 6.32. The van der Waals surface area contributed by atoms with Crippen LogP contribution in [-0.2, 0) is 0 Å². The van der Waals surface area contributed by atoms with Gasteiger partial charge in [0.15, 0.2) is 11.0 Å². The van der Waals surface area contributed by atoms with Gasteiger partial charge in [0.2, 0.25) is 5.95 Å². The van der Waals surface area contributed by atoms with E-state index in [0.29, 0.717) is 10.7 Å². The standard InChI is InChI=1S/C11H12Cl2N6/c1-19(7-4-2-6(12)3-5-7)18-8-9(13)16-11(15)17-10(8)14/h2-5,18H,1H3,(H4,14,15,16,17). The molecule has 1 aromatic heterocycles. The maximum Gasteiger partial charge on any atom is 0.223 e. The minimum Gasteiger partial charge on any atom is -0.382 e. The molecule has 0 unspecified atom stereocenters. The summed E-state index contributed by atoms with van der Waals surface area (Å²) in [5.41, 5.74) is 15.5. The number of halogens is 2. The van der Waals surface area contributed by atoms with Gasteiger partial charge in [0.25, 0.3) is 0 Å². The number of anilines is 4. The van der Waals surface area contributed by atoms with Crippen LogP contribution in [0.25, 0.3) is 0 Å². The molecule has 100 valence electrons. The second-order valence-corrected chi connectivity index (χ2v) is 4.57. The molecule has 1 aromatic carbocycles. The molecule has 1 heterocycles. The number of aromatic nitrogens is 2. The summed E-state index contributed by atoms with van der Waals surface area (Å²) in [6.45, 7) is 0. The van der Waals surface area contributed by atoms with Gasteiger partial charge in [0.05, 0.1) is 5.69 Å². The molecule has 2 aromatic rings. The molecule has 0 atom stereocenters. The smallest absolute Gasteiger partial charge is 0.223 e. The molecule has 0 radical (unpaired) electrons. The average Bonchev–Trinajstić information content (AvgIpc) is 2.34. The van der Waals surface area contributed by atoms with Gasteiger partial charge < -0.3 is 11.5 Å². The summed E-state index contributed by atoms with van der Waals surface area (Å²) in [5.74, 6) is 0.209. The largest absolute Gasteiger partial charge is 0.382 e. The van der Waals surface area contributed by atoms with Gasteiger partial charge >= 0.3 is 0 Å². The van der Waals surface area contributed by atoms with Crippen LogP contribution in [0.2, 0.25) is 10.2 Å². The van der Waals surface area contributed by atoms with E-state index in [4.69, 9.17) is 34.7 Å². The van der Waals surface area contributed by atoms with Gasteiger partial charge in [-0.25, -0.2) is 0 Å². The van der Waals surface area contributed by atoms with Crippen molar-refractivity contribution >= 4 is 46.3 Å². The Balaban J connectivity index is 2.24. The number of nitrogens with one attached hydrogen (secondary N) is 1. The SMILES string of the molecule is CN(Nc1c(N)nc(N)nc1Cl)c1ccc(Cl)cc1. The number of hydrogen-bond donors (Lipinski definition) is 3. The van der Waals surface area contributed by atoms with Gasteiger partial charge in [-0.1, -0.05) is 23.2 Å². The van der Waals surface area contributed by atoms with Gasteiger partial charge in [0, 0.05) is 12.1 Å². The number of nitrogens with two attached hydrogens (primary N) is 2. The van der Waals surface area contributed by atoms with Crippen molar-refractivity contribution in [3.63, 3.8) is 0 Å². The van der Waals surface area contributed by atoms with E-state index in [-0.39, 0.29) is 16.9 Å². The molecule has 0 bridgehead atoms. The van der Waals surface area contributed by atoms with Crippen LogP contribution < -0.4 is 21.9 Å². The molecule has 0 aliphatic carbocycles. The first-order chi connectivity index (χ1) is 8.97. The molecule has 0 spiro atoms. The summed E-state index contributed by atoms with van der Waals surface area (Å²) in [7, 11) is 1.80. The molecule has 5 N–H and O–H groups in total. The molecular weight excluding hydrogens is 287 g/mol. The van der Waals surface area contributed by atoms with E-state index < -0.39 is 0 Å². The molecule has 0 fully saturated rings. The van der Waals surface area contributed by atoms with E-state index in [0.717, 1.165) is 5.69 Å². The van der Waals surface area contributed by atoms with Crippen molar-refractivity contribution in [2.75, 3.05) is 28.9 Å². The van der Waals surface area contributed by atoms with Gasteiger partial charge in [-0.2, -0.15) is 9.97 Å². The molecule has 0 saturated heterocycles. The van der Waals surface area contributed by atoms with Crippen molar-refractivity contribution in [3.8, 4) is 0 Å². The Morgan fingerprint density at radius 1 is 1.11 bits per heavy atom. The first kappa shape index (κ1) is 13.5. The van der Waals surface area contributed by atoms with Crippen molar-refractivity contribution in [1.82, 2.24) is 9.97 Å². The third kappa shape index (κ3) is 3.10. The summed E-state index contributed by atoms with van der Waals surface area (Å²) in [6.07, 6.45) is 0. The van der Waals surface area contributed by atoms with E-state index in [2.05, 4.69) is 15.4 Å². The predicted octanol–water partition coefficient (Wildman–Crippen LogP) is 2.41. The zero-order valence-electron chi connectivity index (χ0n) is 10.1. The Kier molecular flexibility index (Phi) is 3.82. The predicted molar refractivity (Wildman–Crippen MR) is 79.3 cm³/mol. The normalized spacial score (nSPS) is 10.3. The number of benzene rings is 1. The van der Waals surface area contributed by atoms with Crippen LogP contribution in [0.5, 0.6) is 0 Å². The molecule has 0 saturated carbocycles. The van der Waals surface area contributed by atoms with Gasteiger partial charge in [0.1, 0.15) is 5.69 Å². The lowest BCUT2D eigenvalue weighted by atomic mass is 10.3. The summed E-state index contributed by atoms with van der Waals surface area (Å²) < 4.78 is 0. The number of nitrogens with zero attached hydrogens (tertiary/aromatic N) is 3. The van der Waals surface area contributed by atoms with Gasteiger partial charge in [-0.15, -0.1) is 0 Å². The Morgan fingerprint density at radius 3 is 2.32 bits per heavy atom. The Morgan fingerprint density at radius 2 is 1.74 bits per heavy atom. The van der Waals surface area contributed by atoms with E-state index in [9.17, 15) is 0 Å². The van der Waals surface area contributed by atoms with E-state index in [1.807, 2.05) is 12.1 Å². The molecule has 0 aliphatic heterocycles. The fraction of sp³-hybridized carbons (Fsp3) is 0.0909. The highest BCUT2D eigenvalue weighted by Gasteiger charge is 2.11. The molecule has 19 heavy (non-hydrogen) atoms. The second-order valence-electron chi connectivity index (χ2n) is 3.78. The van der Waals surface area contributed by atoms with Crippen LogP contribution in [0.4, 0.5) is 23.1 Å². The molecule has 0 aliphatic rings. The number of nitrogen functional groups attached to an aromatic ring is 2. The fourth-order valence-corrected chi connectivity index (χ4v) is 1.82. The molecule has 6 nitrogen and oxygen atoms in total. The Labute approximate surface area is 120 Å². The summed E-state index contributed by atoms with van der Waals surface area (Å²) >= 11 is 11.8. The fourth-order valence-electron chi connectivity index (χ4n) is 1.47. The first-order valence-corrected chi connectivity index (χ1v) is 6.07. The lowest BCUT2D eigenvalue weighted by Crippen LogP contribution is -2.26. The molecule has 0 amide bonds. The summed E-state index contributed by atoms with van der Waals surface area (Å²) in [5, 5.41) is 2.53. The third-order valence-electron chi connectivity index (χ3n) is 2.40. The van der Waals surface area contributed by atoms with Crippen LogP contribution in [0.15, 0.2) is 24.3 Å². The van der Waals surface area contributed by atoms with Crippen LogP contribution in [0.3, 0.4) is 0 Å². The minimum atomic E-state index is 0.0298. The maximum atomic E-state index is 5.97. The van der Waals surface area contributed by atoms with Crippen LogP contribution in [0.1, 0.15) is 0 Å². The zero-order valence-corrected chi connectivity index (χ0v) is 11.6. The molecule has 2 rings (SSSR count). The highest BCUT2D eigenvalue weighted by atomic mass is 35.5. The van der Waals surface area contributed by atoms with E-state index in [1.54, 1.807) is 24.2 Å². The van der Waals surface area contributed by atoms with E-state index in [1.165, 1.54) is 0 Å². The molecule has 8 heteroatoms. The van der Waals surface area contributed by atoms with Crippen LogP contribution in [-0.4, -0.2) is 17.0 Å². The quantitative estimate of drug-likeness (QED) is 0.595. The monoisotopic (exact) mass is 298 g/mol. The Hall–Kier alpha value is -1.92. The maximum absolute atomic E-state index is 5.97. The zero-order chi connectivity index (χ0) is 14.0. The van der Waals surface area contributed by atoms with Crippen molar-refractivity contribution in [3.05, 3.63) is 34.4 Å². The molecular formula is C11H12Cl2N6. The van der Waals surface area contributed by atoms with E-state index >= 15 is 0 Å². The lowest BCUT2D eigenvalue weighted by Gasteiger charge is -2.22. The number of rotatable bonds is 3. The summed E-state index contributed by atoms with van der Waals surface area (Å²) in [4.78, 5) is 7.68. The van der Waals surface area contributed by atoms with Crippen molar-refractivity contribution in [2.24, 2.45) is 0 Å². The first-order valence-electron chi connectivity index (χ1n) is 5.32. The Bertz CT molecular complexity index is 563. The van der Waals surface area contributed by atoms with Crippen molar-refractivity contribution in [2.45, 2.75) is 0 Å². The highest BCUT2D eigenvalue weighted by Crippen LogP contribution is 2.27. The number of hydrogen-bond acceptors (Lipinski definition) is 6. The minimum absolute atomic E-state index is 0.0298. The lowest BCUT2D eigenvalue weighted by molar-refractivity contribution is 1.07. The summed E-state index contributed by atoms with van der Waals surface area (Å²) in [6, 6.07) is 7.24. The van der Waals surface area contributed by atoms with Gasteiger partial charge in [-0.3, -0.25) is 10.4 Å². The van der Waals surface area contributed by atoms with Gasteiger partial charge in [-0.05, 0) is 24.3 Å². The van der Waals surface area contributed by atoms with Crippen molar-refractivity contribution < 1.29 is 0 Å². The average molecular weight is 299 g/mol. The number of hydrazine groups is 1. The van der Waals surface area contributed by atoms with Crippen LogP contribution in [0, 0.1) is 0 Å². The van der Waals surface area contributed by atoms with Crippen LogP contribution >= 0.6 is 23.2 Å². The third-order valence-corrected chi connectivity index (χ3v) is 2.93. The second kappa shape index (κ2) is 5.38.